The zero-order chi connectivity index (χ0) is 29.1. The second-order valence-electron chi connectivity index (χ2n) is 9.80. The van der Waals surface area contributed by atoms with Gasteiger partial charge in [-0.1, -0.05) is 31.2 Å². The lowest BCUT2D eigenvalue weighted by molar-refractivity contribution is -0.122. The smallest absolute Gasteiger partial charge is 0.241 e. The van der Waals surface area contributed by atoms with Gasteiger partial charge in [0.05, 0.1) is 38.7 Å². The van der Waals surface area contributed by atoms with Crippen LogP contribution in [0.25, 0.3) is 11.2 Å². The normalized spacial score (nSPS) is 20.3. The van der Waals surface area contributed by atoms with E-state index in [-0.39, 0.29) is 30.7 Å². The third-order valence-electron chi connectivity index (χ3n) is 7.41. The van der Waals surface area contributed by atoms with E-state index in [1.54, 1.807) is 32.0 Å². The van der Waals surface area contributed by atoms with E-state index < -0.39 is 24.3 Å². The fourth-order valence-electron chi connectivity index (χ4n) is 5.15. The number of nitrogens with two attached hydrogens (primary N) is 1. The average Bonchev–Trinajstić information content (AvgIpc) is 3.56. The van der Waals surface area contributed by atoms with Gasteiger partial charge in [-0.2, -0.15) is 9.97 Å². The van der Waals surface area contributed by atoms with Crippen molar-refractivity contribution in [2.24, 2.45) is 5.84 Å². The number of hydrazine groups is 1. The first-order valence-electron chi connectivity index (χ1n) is 13.3. The van der Waals surface area contributed by atoms with Crippen LogP contribution in [0.3, 0.4) is 0 Å². The molecule has 5 rings (SSSR count). The lowest BCUT2D eigenvalue weighted by Gasteiger charge is -2.22. The van der Waals surface area contributed by atoms with E-state index >= 15 is 0 Å². The first-order valence-corrected chi connectivity index (χ1v) is 13.3. The van der Waals surface area contributed by atoms with Gasteiger partial charge in [-0.05, 0) is 41.8 Å². The Balaban J connectivity index is 1.54. The molecule has 0 spiro atoms. The van der Waals surface area contributed by atoms with Gasteiger partial charge in [0.1, 0.15) is 23.7 Å². The van der Waals surface area contributed by atoms with Gasteiger partial charge < -0.3 is 34.9 Å². The van der Waals surface area contributed by atoms with Crippen LogP contribution in [0, 0.1) is 0 Å². The summed E-state index contributed by atoms with van der Waals surface area (Å²) in [5, 5.41) is 27.8. The van der Waals surface area contributed by atoms with Gasteiger partial charge in [0.15, 0.2) is 17.0 Å². The predicted octanol–water partition coefficient (Wildman–Crippen LogP) is 1.89. The molecule has 1 amide bonds. The molecule has 7 N–H and O–H groups in total. The predicted molar refractivity (Wildman–Crippen MR) is 152 cm³/mol. The lowest BCUT2D eigenvalue weighted by Crippen LogP contribution is -2.42. The van der Waals surface area contributed by atoms with Crippen LogP contribution in [0.15, 0.2) is 54.9 Å². The molecule has 2 aromatic carbocycles. The molecule has 1 fully saturated rings. The van der Waals surface area contributed by atoms with Crippen LogP contribution in [0.5, 0.6) is 11.5 Å². The Bertz CT molecular complexity index is 1450. The van der Waals surface area contributed by atoms with Crippen molar-refractivity contribution in [1.29, 1.82) is 0 Å². The van der Waals surface area contributed by atoms with E-state index in [0.29, 0.717) is 17.0 Å². The molecule has 216 valence electrons. The summed E-state index contributed by atoms with van der Waals surface area (Å²) in [5.41, 5.74) is 5.23. The maximum atomic E-state index is 12.0. The summed E-state index contributed by atoms with van der Waals surface area (Å²) in [7, 11) is 3.23. The molecule has 13 heteroatoms. The number of nitrogens with one attached hydrogen (secondary N) is 3. The highest BCUT2D eigenvalue weighted by atomic mass is 16.5. The third-order valence-corrected chi connectivity index (χ3v) is 7.41. The van der Waals surface area contributed by atoms with Crippen molar-refractivity contribution in [3.8, 4) is 11.5 Å². The van der Waals surface area contributed by atoms with Crippen molar-refractivity contribution in [2.45, 2.75) is 50.1 Å². The minimum atomic E-state index is -1.15. The van der Waals surface area contributed by atoms with Gasteiger partial charge in [-0.3, -0.25) is 10.2 Å². The number of nitrogen functional groups attached to an aromatic ring is 1. The lowest BCUT2D eigenvalue weighted by atomic mass is 9.98. The summed E-state index contributed by atoms with van der Waals surface area (Å²) in [6.45, 7) is 1.73. The van der Waals surface area contributed by atoms with Gasteiger partial charge >= 0.3 is 0 Å². The van der Waals surface area contributed by atoms with Crippen LogP contribution in [0.2, 0.25) is 0 Å². The van der Waals surface area contributed by atoms with Crippen molar-refractivity contribution in [2.75, 3.05) is 25.0 Å². The van der Waals surface area contributed by atoms with Crippen LogP contribution in [-0.2, 0) is 4.79 Å². The Labute approximate surface area is 236 Å². The number of hydrogen-bond donors (Lipinski definition) is 6. The van der Waals surface area contributed by atoms with Gasteiger partial charge in [0.25, 0.3) is 0 Å². The number of carbonyl (C=O) groups is 1. The highest BCUT2D eigenvalue weighted by Gasteiger charge is 2.43. The minimum absolute atomic E-state index is 0.133. The van der Waals surface area contributed by atoms with Gasteiger partial charge in [0.2, 0.25) is 11.9 Å². The number of methoxy groups -OCH3 is 2. The number of imidazole rings is 1. The molecule has 1 saturated carbocycles. The largest absolute Gasteiger partial charge is 0.497 e. The van der Waals surface area contributed by atoms with Crippen LogP contribution in [0.4, 0.5) is 11.8 Å². The maximum Gasteiger partial charge on any atom is 0.241 e. The van der Waals surface area contributed by atoms with Crippen LogP contribution in [-0.4, -0.2) is 68.1 Å². The van der Waals surface area contributed by atoms with Crippen LogP contribution >= 0.6 is 0 Å². The molecule has 0 radical (unpaired) electrons. The molecule has 0 saturated heterocycles. The highest BCUT2D eigenvalue weighted by molar-refractivity contribution is 5.85. The Morgan fingerprint density at radius 2 is 1.63 bits per heavy atom. The zero-order valence-corrected chi connectivity index (χ0v) is 23.0. The number of anilines is 2. The molecule has 1 aliphatic carbocycles. The number of amides is 1. The molecule has 0 unspecified atom stereocenters. The molecule has 0 aliphatic heterocycles. The van der Waals surface area contributed by atoms with E-state index in [1.165, 1.54) is 0 Å². The van der Waals surface area contributed by atoms with E-state index in [2.05, 4.69) is 31.0 Å². The molecule has 4 atom stereocenters. The topological polar surface area (TPSA) is 182 Å². The van der Waals surface area contributed by atoms with E-state index in [9.17, 15) is 15.0 Å². The first-order chi connectivity index (χ1) is 19.9. The van der Waals surface area contributed by atoms with Crippen molar-refractivity contribution in [3.05, 3.63) is 66.0 Å². The Morgan fingerprint density at radius 3 is 2.17 bits per heavy atom. The number of hydrogen-bond acceptors (Lipinski definition) is 11. The fourth-order valence-corrected chi connectivity index (χ4v) is 5.15. The number of ether oxygens (including phenoxy) is 2. The number of fused-ring (bicyclic) bond motifs is 1. The molecule has 13 nitrogen and oxygen atoms in total. The number of rotatable bonds is 10. The van der Waals surface area contributed by atoms with Crippen LogP contribution in [0.1, 0.15) is 43.0 Å². The SMILES string of the molecule is CCC(=O)N[C@H]1C[C@@H](n2cnc3c(NC(c4ccc(OC)cc4)c4ccc(OC)cc4)nc(NN)nc32)[C@H](O)[C@@H]1O. The second-order valence-corrected chi connectivity index (χ2v) is 9.80. The number of carbonyl (C=O) groups excluding carboxylic acids is 1. The second kappa shape index (κ2) is 12.0. The van der Waals surface area contributed by atoms with Crippen molar-refractivity contribution < 1.29 is 24.5 Å². The average molecular weight is 563 g/mol. The summed E-state index contributed by atoms with van der Waals surface area (Å²) in [6, 6.07) is 13.8. The van der Waals surface area contributed by atoms with E-state index in [0.717, 1.165) is 22.6 Å². The molecule has 41 heavy (non-hydrogen) atoms. The Kier molecular flexibility index (Phi) is 8.19. The van der Waals surface area contributed by atoms with Crippen molar-refractivity contribution >= 4 is 28.8 Å². The molecule has 2 aromatic heterocycles. The summed E-state index contributed by atoms with van der Waals surface area (Å²) in [5.74, 6) is 7.53. The van der Waals surface area contributed by atoms with Crippen molar-refractivity contribution in [1.82, 2.24) is 24.8 Å². The summed E-state index contributed by atoms with van der Waals surface area (Å²) < 4.78 is 12.4. The fraction of sp³-hybridized carbons (Fsp3) is 0.357. The van der Waals surface area contributed by atoms with E-state index in [4.69, 9.17) is 15.3 Å². The number of benzene rings is 2. The zero-order valence-electron chi connectivity index (χ0n) is 23.0. The minimum Gasteiger partial charge on any atom is -0.497 e. The monoisotopic (exact) mass is 562 g/mol. The number of aliphatic hydroxyl groups excluding tert-OH is 2. The number of aliphatic hydroxyl groups is 2. The standard InChI is InChI=1S/C28H34N8O5/c1-4-21(37)31-19-13-20(25(39)24(19)38)36-14-30-23-26(33-28(35-29)34-27(23)36)32-22(15-5-9-17(40-2)10-6-15)16-7-11-18(41-3)12-8-16/h5-12,14,19-20,22,24-25,38-39H,4,13,29H2,1-3H3,(H,31,37)(H2,32,33,34,35)/t19-,20+,24+,25-/m0/s1. The summed E-state index contributed by atoms with van der Waals surface area (Å²) >= 11 is 0. The molecule has 2 heterocycles. The van der Waals surface area contributed by atoms with E-state index in [1.807, 2.05) is 48.5 Å². The quantitative estimate of drug-likeness (QED) is 0.123. The summed E-state index contributed by atoms with van der Waals surface area (Å²) in [6.07, 6.45) is -0.186. The molecule has 1 aliphatic rings. The summed E-state index contributed by atoms with van der Waals surface area (Å²) in [4.78, 5) is 25.6. The molecular formula is C28H34N8O5. The highest BCUT2D eigenvalue weighted by Crippen LogP contribution is 2.36. The molecular weight excluding hydrogens is 528 g/mol. The van der Waals surface area contributed by atoms with Crippen molar-refractivity contribution in [3.63, 3.8) is 0 Å². The van der Waals surface area contributed by atoms with Crippen LogP contribution < -0.4 is 31.4 Å². The first kappa shape index (κ1) is 28.1. The number of aromatic nitrogens is 4. The maximum absolute atomic E-state index is 12.0. The molecule has 4 aromatic rings. The van der Waals surface area contributed by atoms with Gasteiger partial charge in [-0.15, -0.1) is 0 Å². The Morgan fingerprint density at radius 1 is 1.02 bits per heavy atom. The van der Waals surface area contributed by atoms with Gasteiger partial charge in [0, 0.05) is 6.42 Å². The van der Waals surface area contributed by atoms with Gasteiger partial charge in [-0.25, -0.2) is 10.8 Å². The number of nitrogens with zero attached hydrogens (tertiary/aromatic N) is 4. The third kappa shape index (κ3) is 5.59. The molecule has 0 bridgehead atoms. The Hall–Kier alpha value is -4.46.